The highest BCUT2D eigenvalue weighted by atomic mass is 32.2. The first-order chi connectivity index (χ1) is 18.0. The van der Waals surface area contributed by atoms with Gasteiger partial charge in [-0.15, -0.1) is 0 Å². The van der Waals surface area contributed by atoms with Crippen molar-refractivity contribution in [1.82, 2.24) is 0 Å². The minimum absolute atomic E-state index is 0.0290. The fraction of sp³-hybridized carbons (Fsp3) is 0.107. The number of para-hydroxylation sites is 1. The number of hydrogen-bond acceptors (Lipinski definition) is 5. The Hall–Kier alpha value is -4.15. The molecule has 196 valence electrons. The zero-order valence-electron chi connectivity index (χ0n) is 21.0. The fourth-order valence-corrected chi connectivity index (χ4v) is 6.04. The van der Waals surface area contributed by atoms with Gasteiger partial charge in [-0.05, 0) is 80.1 Å². The largest absolute Gasteiger partial charge is 0.322 e. The molecule has 0 unspecified atom stereocenters. The Kier molecular flexibility index (Phi) is 7.56. The standard InChI is InChI=1S/C28H27N3O5S2/c1-20-11-15-25(16-12-20)38(35,36)31(3)27-10-5-4-9-26(27)28(32)29-22-13-17-24(18-14-22)37(33,34)30-23-8-6-7-21(2)19-23/h4-19,30H,1-3H3,(H,29,32). The maximum atomic E-state index is 13.2. The summed E-state index contributed by atoms with van der Waals surface area (Å²) in [6.07, 6.45) is 0. The lowest BCUT2D eigenvalue weighted by Gasteiger charge is -2.22. The van der Waals surface area contributed by atoms with Gasteiger partial charge in [0.25, 0.3) is 26.0 Å². The Bertz CT molecular complexity index is 1680. The molecule has 0 aliphatic heterocycles. The molecule has 10 heteroatoms. The van der Waals surface area contributed by atoms with Crippen LogP contribution in [0.3, 0.4) is 0 Å². The van der Waals surface area contributed by atoms with Crippen LogP contribution in [0, 0.1) is 13.8 Å². The highest BCUT2D eigenvalue weighted by Gasteiger charge is 2.25. The van der Waals surface area contributed by atoms with E-state index in [4.69, 9.17) is 0 Å². The van der Waals surface area contributed by atoms with E-state index in [9.17, 15) is 21.6 Å². The number of nitrogens with zero attached hydrogens (tertiary/aromatic N) is 1. The molecular formula is C28H27N3O5S2. The number of rotatable bonds is 8. The summed E-state index contributed by atoms with van der Waals surface area (Å²) in [4.78, 5) is 13.3. The molecule has 0 saturated heterocycles. The predicted octanol–water partition coefficient (Wildman–Crippen LogP) is 5.18. The topological polar surface area (TPSA) is 113 Å². The third-order valence-corrected chi connectivity index (χ3v) is 9.04. The second-order valence-corrected chi connectivity index (χ2v) is 12.4. The number of aryl methyl sites for hydroxylation is 2. The average Bonchev–Trinajstić information content (AvgIpc) is 2.88. The quantitative estimate of drug-likeness (QED) is 0.314. The summed E-state index contributed by atoms with van der Waals surface area (Å²) in [6.45, 7) is 3.73. The molecule has 38 heavy (non-hydrogen) atoms. The number of carbonyl (C=O) groups excluding carboxylic acids is 1. The smallest absolute Gasteiger partial charge is 0.264 e. The molecule has 0 atom stereocenters. The zero-order valence-corrected chi connectivity index (χ0v) is 22.7. The lowest BCUT2D eigenvalue weighted by molar-refractivity contribution is 0.102. The van der Waals surface area contributed by atoms with Gasteiger partial charge in [-0.1, -0.05) is 42.0 Å². The van der Waals surface area contributed by atoms with Crippen LogP contribution in [-0.4, -0.2) is 29.8 Å². The van der Waals surface area contributed by atoms with Crippen molar-refractivity contribution in [2.24, 2.45) is 0 Å². The summed E-state index contributed by atoms with van der Waals surface area (Å²) in [5, 5.41) is 2.71. The molecule has 0 saturated carbocycles. The second-order valence-electron chi connectivity index (χ2n) is 8.76. The molecule has 0 radical (unpaired) electrons. The van der Waals surface area contributed by atoms with Gasteiger partial charge in [-0.3, -0.25) is 13.8 Å². The molecule has 0 heterocycles. The van der Waals surface area contributed by atoms with Crippen LogP contribution in [-0.2, 0) is 20.0 Å². The molecule has 1 amide bonds. The normalized spacial score (nSPS) is 11.6. The van der Waals surface area contributed by atoms with Gasteiger partial charge in [0, 0.05) is 18.4 Å². The monoisotopic (exact) mass is 549 g/mol. The minimum atomic E-state index is -3.91. The van der Waals surface area contributed by atoms with Gasteiger partial charge in [0.15, 0.2) is 0 Å². The van der Waals surface area contributed by atoms with E-state index >= 15 is 0 Å². The molecule has 0 bridgehead atoms. The average molecular weight is 550 g/mol. The fourth-order valence-electron chi connectivity index (χ4n) is 3.78. The van der Waals surface area contributed by atoms with E-state index in [0.29, 0.717) is 11.4 Å². The van der Waals surface area contributed by atoms with Crippen LogP contribution in [0.5, 0.6) is 0 Å². The van der Waals surface area contributed by atoms with E-state index in [1.807, 2.05) is 19.9 Å². The number of anilines is 3. The molecule has 2 N–H and O–H groups in total. The summed E-state index contributed by atoms with van der Waals surface area (Å²) < 4.78 is 55.5. The lowest BCUT2D eigenvalue weighted by Crippen LogP contribution is -2.29. The molecular weight excluding hydrogens is 522 g/mol. The molecule has 8 nitrogen and oxygen atoms in total. The molecule has 0 aliphatic carbocycles. The van der Waals surface area contributed by atoms with Crippen molar-refractivity contribution in [1.29, 1.82) is 0 Å². The molecule has 4 aromatic carbocycles. The third kappa shape index (κ3) is 5.87. The maximum Gasteiger partial charge on any atom is 0.264 e. The van der Waals surface area contributed by atoms with E-state index < -0.39 is 26.0 Å². The lowest BCUT2D eigenvalue weighted by atomic mass is 10.1. The van der Waals surface area contributed by atoms with Crippen LogP contribution >= 0.6 is 0 Å². The van der Waals surface area contributed by atoms with Crippen molar-refractivity contribution in [3.63, 3.8) is 0 Å². The predicted molar refractivity (Wildman–Crippen MR) is 150 cm³/mol. The Morgan fingerprint density at radius 2 is 1.32 bits per heavy atom. The molecule has 4 aromatic rings. The van der Waals surface area contributed by atoms with Gasteiger partial charge in [0.1, 0.15) is 0 Å². The molecule has 4 rings (SSSR count). The van der Waals surface area contributed by atoms with E-state index in [2.05, 4.69) is 10.0 Å². The zero-order chi connectivity index (χ0) is 27.5. The van der Waals surface area contributed by atoms with Gasteiger partial charge in [-0.25, -0.2) is 16.8 Å². The molecule has 0 aromatic heterocycles. The van der Waals surface area contributed by atoms with Crippen LogP contribution < -0.4 is 14.3 Å². The van der Waals surface area contributed by atoms with E-state index in [0.717, 1.165) is 15.4 Å². The number of hydrogen-bond donors (Lipinski definition) is 2. The van der Waals surface area contributed by atoms with Crippen LogP contribution in [0.15, 0.2) is 107 Å². The van der Waals surface area contributed by atoms with Gasteiger partial charge < -0.3 is 5.32 Å². The van der Waals surface area contributed by atoms with Crippen molar-refractivity contribution in [2.45, 2.75) is 23.6 Å². The molecule has 0 aliphatic rings. The van der Waals surface area contributed by atoms with Crippen molar-refractivity contribution >= 4 is 43.0 Å². The maximum absolute atomic E-state index is 13.2. The van der Waals surface area contributed by atoms with Gasteiger partial charge >= 0.3 is 0 Å². The number of sulfonamides is 2. The molecule has 0 spiro atoms. The first-order valence-electron chi connectivity index (χ1n) is 11.6. The number of nitrogens with one attached hydrogen (secondary N) is 2. The first kappa shape index (κ1) is 26.9. The third-order valence-electron chi connectivity index (χ3n) is 5.86. The number of benzene rings is 4. The number of amides is 1. The summed E-state index contributed by atoms with van der Waals surface area (Å²) >= 11 is 0. The first-order valence-corrected chi connectivity index (χ1v) is 14.6. The van der Waals surface area contributed by atoms with E-state index in [1.165, 1.54) is 49.5 Å². The summed E-state index contributed by atoms with van der Waals surface area (Å²) in [5.74, 6) is -0.542. The van der Waals surface area contributed by atoms with E-state index in [-0.39, 0.29) is 21.0 Å². The van der Waals surface area contributed by atoms with Crippen LogP contribution in [0.1, 0.15) is 21.5 Å². The van der Waals surface area contributed by atoms with Crippen molar-refractivity contribution < 1.29 is 21.6 Å². The second kappa shape index (κ2) is 10.7. The van der Waals surface area contributed by atoms with E-state index in [1.54, 1.807) is 48.5 Å². The van der Waals surface area contributed by atoms with Crippen molar-refractivity contribution in [3.05, 3.63) is 114 Å². The van der Waals surface area contributed by atoms with Crippen molar-refractivity contribution in [2.75, 3.05) is 21.4 Å². The number of carbonyl (C=O) groups is 1. The van der Waals surface area contributed by atoms with Crippen LogP contribution in [0.4, 0.5) is 17.1 Å². The van der Waals surface area contributed by atoms with Crippen molar-refractivity contribution in [3.8, 4) is 0 Å². The minimum Gasteiger partial charge on any atom is -0.322 e. The van der Waals surface area contributed by atoms with Gasteiger partial charge in [0.05, 0.1) is 21.0 Å². The highest BCUT2D eigenvalue weighted by molar-refractivity contribution is 7.93. The molecule has 0 fully saturated rings. The Labute approximate surface area is 223 Å². The Morgan fingerprint density at radius 1 is 0.684 bits per heavy atom. The summed E-state index contributed by atoms with van der Waals surface area (Å²) in [7, 11) is -6.34. The summed E-state index contributed by atoms with van der Waals surface area (Å²) in [5.41, 5.74) is 2.99. The highest BCUT2D eigenvalue weighted by Crippen LogP contribution is 2.27. The Balaban J connectivity index is 1.53. The van der Waals surface area contributed by atoms with Crippen LogP contribution in [0.25, 0.3) is 0 Å². The summed E-state index contributed by atoms with van der Waals surface area (Å²) in [6, 6.07) is 25.5. The van der Waals surface area contributed by atoms with Gasteiger partial charge in [0.2, 0.25) is 0 Å². The SMILES string of the molecule is Cc1ccc(S(=O)(=O)N(C)c2ccccc2C(=O)Nc2ccc(S(=O)(=O)Nc3cccc(C)c3)cc2)cc1. The Morgan fingerprint density at radius 3 is 1.97 bits per heavy atom. The van der Waals surface area contributed by atoms with Gasteiger partial charge in [-0.2, -0.15) is 0 Å². The van der Waals surface area contributed by atoms with Crippen LogP contribution in [0.2, 0.25) is 0 Å².